The molecule has 2 N–H and O–H groups in total. The highest BCUT2D eigenvalue weighted by molar-refractivity contribution is 6.01. The van der Waals surface area contributed by atoms with E-state index in [0.29, 0.717) is 24.6 Å². The van der Waals surface area contributed by atoms with Crippen LogP contribution in [-0.2, 0) is 16.9 Å². The molecule has 2 aliphatic rings. The van der Waals surface area contributed by atoms with E-state index in [2.05, 4.69) is 22.0 Å². The molecule has 0 unspecified atom stereocenters. The lowest BCUT2D eigenvalue weighted by Gasteiger charge is -2.27. The van der Waals surface area contributed by atoms with Crippen molar-refractivity contribution in [1.82, 2.24) is 9.88 Å². The van der Waals surface area contributed by atoms with Crippen molar-refractivity contribution in [1.29, 1.82) is 0 Å². The zero-order valence-electron chi connectivity index (χ0n) is 25.0. The zero-order valence-corrected chi connectivity index (χ0v) is 25.0. The smallest absolute Gasteiger partial charge is 0.328 e. The van der Waals surface area contributed by atoms with Crippen molar-refractivity contribution in [3.05, 3.63) is 89.0 Å². The number of methoxy groups -OCH3 is 1. The van der Waals surface area contributed by atoms with Crippen molar-refractivity contribution in [3.8, 4) is 22.8 Å². The molecule has 4 aromatic rings. The molecule has 43 heavy (non-hydrogen) atoms. The van der Waals surface area contributed by atoms with Crippen molar-refractivity contribution in [3.63, 3.8) is 0 Å². The molecule has 7 nitrogen and oxygen atoms in total. The summed E-state index contributed by atoms with van der Waals surface area (Å²) in [5, 5.41) is 13.3. The van der Waals surface area contributed by atoms with E-state index in [-0.39, 0.29) is 5.91 Å². The number of hydrogen-bond donors (Lipinski definition) is 2. The third-order valence-electron chi connectivity index (χ3n) is 8.87. The number of aromatic nitrogens is 1. The number of nitrogens with one attached hydrogen (secondary N) is 1. The normalized spacial score (nSPS) is 15.4. The number of benzene rings is 3. The number of amides is 1. The number of rotatable bonds is 7. The number of ether oxygens (including phenoxy) is 2. The predicted molar refractivity (Wildman–Crippen MR) is 169 cm³/mol. The van der Waals surface area contributed by atoms with Crippen LogP contribution in [-0.4, -0.2) is 35.3 Å². The van der Waals surface area contributed by atoms with E-state index in [4.69, 9.17) is 14.6 Å². The fraction of sp³-hybridized carbons (Fsp3) is 0.333. The molecule has 0 atom stereocenters. The molecule has 1 fully saturated rings. The van der Waals surface area contributed by atoms with Gasteiger partial charge in [-0.25, -0.2) is 4.79 Å². The average Bonchev–Trinajstić information content (AvgIpc) is 3.21. The molecule has 0 bridgehead atoms. The molecule has 1 amide bonds. The molecular weight excluding hydrogens is 540 g/mol. The first-order chi connectivity index (χ1) is 20.7. The molecule has 1 aromatic heterocycles. The average molecular weight is 579 g/mol. The number of hydrogen-bond acceptors (Lipinski definition) is 4. The van der Waals surface area contributed by atoms with Crippen LogP contribution in [0.5, 0.6) is 11.5 Å². The number of fused-ring (bicyclic) bond motifs is 5. The highest BCUT2D eigenvalue weighted by Gasteiger charge is 2.30. The lowest BCUT2D eigenvalue weighted by Crippen LogP contribution is -2.41. The molecule has 0 saturated heterocycles. The minimum atomic E-state index is -0.989. The lowest BCUT2D eigenvalue weighted by molar-refractivity contribution is -0.131. The van der Waals surface area contributed by atoms with Gasteiger partial charge in [0.15, 0.2) is 0 Å². The van der Waals surface area contributed by atoms with Gasteiger partial charge in [-0.05, 0) is 79.6 Å². The lowest BCUT2D eigenvalue weighted by atomic mass is 9.81. The Hall–Kier alpha value is -4.52. The van der Waals surface area contributed by atoms with Crippen LogP contribution >= 0.6 is 0 Å². The van der Waals surface area contributed by atoms with Crippen molar-refractivity contribution >= 4 is 28.9 Å². The van der Waals surface area contributed by atoms with Gasteiger partial charge in [0, 0.05) is 34.2 Å². The standard InChI is InChI=1S/C36H38N2O5/c1-36(2,26-13-9-23(10-14-26)11-18-32(39)40)37-35(41)25-12-16-28-30(21-25)38-19-20-43-31-22-27(42-3)15-17-29(31)34(38)33(28)24-7-5-4-6-8-24/h9-18,21-22,24H,4-8,19-20H2,1-3H3,(H,37,41)(H,39,40)/b18-11+. The number of nitrogens with zero attached hydrogens (tertiary/aromatic N) is 1. The predicted octanol–water partition coefficient (Wildman–Crippen LogP) is 7.52. The van der Waals surface area contributed by atoms with E-state index in [1.54, 1.807) is 13.2 Å². The van der Waals surface area contributed by atoms with Crippen molar-refractivity contribution < 1.29 is 24.2 Å². The quantitative estimate of drug-likeness (QED) is 0.221. The molecule has 3 aromatic carbocycles. The fourth-order valence-electron chi connectivity index (χ4n) is 6.64. The van der Waals surface area contributed by atoms with Gasteiger partial charge in [-0.2, -0.15) is 0 Å². The molecule has 2 heterocycles. The Balaban J connectivity index is 1.37. The van der Waals surface area contributed by atoms with Gasteiger partial charge in [-0.15, -0.1) is 0 Å². The summed E-state index contributed by atoms with van der Waals surface area (Å²) in [6, 6.07) is 19.7. The molecule has 0 radical (unpaired) electrons. The van der Waals surface area contributed by atoms with E-state index in [1.165, 1.54) is 48.7 Å². The number of carbonyl (C=O) groups is 2. The Kier molecular flexibility index (Phi) is 7.74. The number of carbonyl (C=O) groups excluding carboxylic acids is 1. The number of carboxylic acids is 1. The summed E-state index contributed by atoms with van der Waals surface area (Å²) in [6.07, 6.45) is 8.74. The molecule has 222 valence electrons. The molecule has 0 spiro atoms. The second-order valence-electron chi connectivity index (χ2n) is 12.1. The Morgan fingerprint density at radius 1 is 1.02 bits per heavy atom. The fourth-order valence-corrected chi connectivity index (χ4v) is 6.64. The highest BCUT2D eigenvalue weighted by atomic mass is 16.5. The van der Waals surface area contributed by atoms with Gasteiger partial charge in [0.25, 0.3) is 5.91 Å². The third-order valence-corrected chi connectivity index (χ3v) is 8.87. The van der Waals surface area contributed by atoms with Crippen LogP contribution in [0.1, 0.15) is 78.9 Å². The van der Waals surface area contributed by atoms with Crippen molar-refractivity contribution in [2.24, 2.45) is 0 Å². The summed E-state index contributed by atoms with van der Waals surface area (Å²) in [5.41, 5.74) is 6.38. The highest BCUT2D eigenvalue weighted by Crippen LogP contribution is 2.47. The number of aliphatic carboxylic acids is 1. The Labute approximate surface area is 252 Å². The molecule has 1 saturated carbocycles. The minimum absolute atomic E-state index is 0.147. The SMILES string of the molecule is COc1ccc2c(c1)OCCn1c-2c(C2CCCCC2)c2ccc(C(=O)NC(C)(C)c3ccc(/C=C/C(=O)O)cc3)cc21. The summed E-state index contributed by atoms with van der Waals surface area (Å²) in [6.45, 7) is 5.16. The second-order valence-corrected chi connectivity index (χ2v) is 12.1. The monoisotopic (exact) mass is 578 g/mol. The molecule has 1 aliphatic carbocycles. The second kappa shape index (κ2) is 11.6. The van der Waals surface area contributed by atoms with E-state index in [1.807, 2.05) is 62.4 Å². The largest absolute Gasteiger partial charge is 0.497 e. The molecule has 1 aliphatic heterocycles. The van der Waals surface area contributed by atoms with Crippen molar-refractivity contribution in [2.75, 3.05) is 13.7 Å². The summed E-state index contributed by atoms with van der Waals surface area (Å²) in [5.74, 6) is 0.938. The van der Waals surface area contributed by atoms with Gasteiger partial charge < -0.3 is 24.5 Å². The van der Waals surface area contributed by atoms with Gasteiger partial charge in [0.2, 0.25) is 0 Å². The number of carboxylic acid groups (broad SMARTS) is 1. The Morgan fingerprint density at radius 2 is 1.79 bits per heavy atom. The van der Waals surface area contributed by atoms with E-state index >= 15 is 0 Å². The van der Waals surface area contributed by atoms with Crippen LogP contribution in [0.4, 0.5) is 0 Å². The van der Waals surface area contributed by atoms with E-state index in [0.717, 1.165) is 39.8 Å². The van der Waals surface area contributed by atoms with Gasteiger partial charge >= 0.3 is 5.97 Å². The van der Waals surface area contributed by atoms with Gasteiger partial charge in [-0.1, -0.05) is 49.6 Å². The van der Waals surface area contributed by atoms with Crippen LogP contribution < -0.4 is 14.8 Å². The van der Waals surface area contributed by atoms with Crippen LogP contribution in [0, 0.1) is 0 Å². The maximum atomic E-state index is 13.7. The minimum Gasteiger partial charge on any atom is -0.497 e. The van der Waals surface area contributed by atoms with E-state index in [9.17, 15) is 9.59 Å². The zero-order chi connectivity index (χ0) is 30.1. The summed E-state index contributed by atoms with van der Waals surface area (Å²) < 4.78 is 14.1. The summed E-state index contributed by atoms with van der Waals surface area (Å²) >= 11 is 0. The summed E-state index contributed by atoms with van der Waals surface area (Å²) in [4.78, 5) is 24.5. The maximum Gasteiger partial charge on any atom is 0.328 e. The van der Waals surface area contributed by atoms with Gasteiger partial charge in [0.1, 0.15) is 18.1 Å². The maximum absolute atomic E-state index is 13.7. The van der Waals surface area contributed by atoms with E-state index < -0.39 is 11.5 Å². The van der Waals surface area contributed by atoms with Gasteiger partial charge in [-0.3, -0.25) is 4.79 Å². The topological polar surface area (TPSA) is 89.8 Å². The first-order valence-corrected chi connectivity index (χ1v) is 15.1. The van der Waals surface area contributed by atoms with Crippen LogP contribution in [0.15, 0.2) is 66.7 Å². The van der Waals surface area contributed by atoms with Crippen LogP contribution in [0.3, 0.4) is 0 Å². The summed E-state index contributed by atoms with van der Waals surface area (Å²) in [7, 11) is 1.67. The van der Waals surface area contributed by atoms with Crippen LogP contribution in [0.2, 0.25) is 0 Å². The first kappa shape index (κ1) is 28.6. The Bertz CT molecular complexity index is 1710. The van der Waals surface area contributed by atoms with Crippen molar-refractivity contribution in [2.45, 2.75) is 64.0 Å². The third kappa shape index (κ3) is 5.64. The first-order valence-electron chi connectivity index (χ1n) is 15.1. The van der Waals surface area contributed by atoms with Gasteiger partial charge in [0.05, 0.1) is 24.9 Å². The molecular formula is C36H38N2O5. The Morgan fingerprint density at radius 3 is 2.51 bits per heavy atom. The van der Waals surface area contributed by atoms with Crippen LogP contribution in [0.25, 0.3) is 28.2 Å². The molecule has 6 rings (SSSR count). The molecule has 7 heteroatoms.